The summed E-state index contributed by atoms with van der Waals surface area (Å²) in [6, 6.07) is 10.3. The zero-order chi connectivity index (χ0) is 13.2. The number of aromatic nitrogens is 1. The first-order chi connectivity index (χ1) is 9.24. The second kappa shape index (κ2) is 5.22. The smallest absolute Gasteiger partial charge is 0.122 e. The molecule has 19 heavy (non-hydrogen) atoms. The molecule has 0 bridgehead atoms. The summed E-state index contributed by atoms with van der Waals surface area (Å²) in [5.74, 6) is 1.00. The van der Waals surface area contributed by atoms with Gasteiger partial charge in [0, 0.05) is 24.7 Å². The Balaban J connectivity index is 1.81. The quantitative estimate of drug-likeness (QED) is 0.793. The predicted molar refractivity (Wildman–Crippen MR) is 76.9 cm³/mol. The van der Waals surface area contributed by atoms with Crippen LogP contribution in [0.25, 0.3) is 0 Å². The number of hydrogen-bond donors (Lipinski definition) is 0. The summed E-state index contributed by atoms with van der Waals surface area (Å²) in [5, 5.41) is -0.0421. The molecule has 2 aromatic rings. The number of ether oxygens (including phenoxy) is 1. The van der Waals surface area contributed by atoms with Crippen LogP contribution in [-0.2, 0) is 12.8 Å². The van der Waals surface area contributed by atoms with Crippen LogP contribution >= 0.6 is 11.6 Å². The number of fused-ring (bicyclic) bond motifs is 1. The Morgan fingerprint density at radius 2 is 2.26 bits per heavy atom. The van der Waals surface area contributed by atoms with Gasteiger partial charge in [0.2, 0.25) is 0 Å². The molecule has 0 fully saturated rings. The van der Waals surface area contributed by atoms with Crippen LogP contribution in [0.4, 0.5) is 0 Å². The Morgan fingerprint density at radius 3 is 3.11 bits per heavy atom. The van der Waals surface area contributed by atoms with Crippen LogP contribution in [-0.4, -0.2) is 11.6 Å². The zero-order valence-corrected chi connectivity index (χ0v) is 11.7. The minimum atomic E-state index is -0.0421. The molecule has 1 aliphatic heterocycles. The Labute approximate surface area is 118 Å². The number of benzene rings is 1. The molecule has 1 aliphatic rings. The predicted octanol–water partition coefficient (Wildman–Crippen LogP) is 3.85. The molecule has 0 saturated heterocycles. The van der Waals surface area contributed by atoms with Gasteiger partial charge >= 0.3 is 0 Å². The van der Waals surface area contributed by atoms with Gasteiger partial charge in [-0.1, -0.05) is 18.2 Å². The minimum absolute atomic E-state index is 0.0421. The van der Waals surface area contributed by atoms with E-state index in [2.05, 4.69) is 30.1 Å². The number of alkyl halides is 1. The molecule has 0 radical (unpaired) electrons. The van der Waals surface area contributed by atoms with Crippen molar-refractivity contribution in [1.29, 1.82) is 0 Å². The van der Waals surface area contributed by atoms with Crippen molar-refractivity contribution in [3.05, 3.63) is 58.9 Å². The normalized spacial score (nSPS) is 14.8. The van der Waals surface area contributed by atoms with Crippen molar-refractivity contribution in [1.82, 2.24) is 4.98 Å². The molecule has 3 rings (SSSR count). The Hall–Kier alpha value is -1.54. The van der Waals surface area contributed by atoms with Gasteiger partial charge < -0.3 is 4.74 Å². The van der Waals surface area contributed by atoms with Crippen molar-refractivity contribution in [2.75, 3.05) is 6.61 Å². The van der Waals surface area contributed by atoms with E-state index < -0.39 is 0 Å². The molecule has 2 heterocycles. The largest absolute Gasteiger partial charge is 0.493 e. The van der Waals surface area contributed by atoms with Crippen molar-refractivity contribution in [3.63, 3.8) is 0 Å². The van der Waals surface area contributed by atoms with E-state index in [0.29, 0.717) is 0 Å². The second-order valence-corrected chi connectivity index (χ2v) is 5.43. The molecule has 0 aliphatic carbocycles. The van der Waals surface area contributed by atoms with Gasteiger partial charge in [0.1, 0.15) is 5.75 Å². The molecule has 2 nitrogen and oxygen atoms in total. The molecular formula is C16H16ClNO. The van der Waals surface area contributed by atoms with E-state index in [1.54, 1.807) is 0 Å². The zero-order valence-electron chi connectivity index (χ0n) is 10.9. The molecule has 1 atom stereocenters. The van der Waals surface area contributed by atoms with E-state index in [1.807, 2.05) is 18.3 Å². The van der Waals surface area contributed by atoms with Crippen molar-refractivity contribution in [2.45, 2.75) is 25.1 Å². The number of halogens is 1. The first-order valence-electron chi connectivity index (χ1n) is 6.54. The van der Waals surface area contributed by atoms with E-state index >= 15 is 0 Å². The van der Waals surface area contributed by atoms with Gasteiger partial charge in [-0.05, 0) is 35.7 Å². The fourth-order valence-corrected chi connectivity index (χ4v) is 2.70. The number of aryl methyl sites for hydroxylation is 1. The third kappa shape index (κ3) is 2.59. The van der Waals surface area contributed by atoms with E-state index in [-0.39, 0.29) is 5.38 Å². The molecular weight excluding hydrogens is 258 g/mol. The summed E-state index contributed by atoms with van der Waals surface area (Å²) in [6.07, 6.45) is 3.56. The van der Waals surface area contributed by atoms with Gasteiger partial charge in [-0.3, -0.25) is 4.98 Å². The van der Waals surface area contributed by atoms with Gasteiger partial charge in [0.25, 0.3) is 0 Å². The summed E-state index contributed by atoms with van der Waals surface area (Å²) in [7, 11) is 0. The summed E-state index contributed by atoms with van der Waals surface area (Å²) < 4.78 is 5.52. The summed E-state index contributed by atoms with van der Waals surface area (Å²) in [5.41, 5.74) is 4.67. The standard InChI is InChI=1S/C16H16ClNO/c1-11-3-2-7-18-15(11)10-14(17)12-4-5-16-13(9-12)6-8-19-16/h2-5,7,9,14H,6,8,10H2,1H3. The molecule has 0 saturated carbocycles. The van der Waals surface area contributed by atoms with Crippen LogP contribution < -0.4 is 4.74 Å². The second-order valence-electron chi connectivity index (χ2n) is 4.90. The van der Waals surface area contributed by atoms with Crippen LogP contribution in [0.5, 0.6) is 5.75 Å². The van der Waals surface area contributed by atoms with Crippen molar-refractivity contribution >= 4 is 11.6 Å². The fraction of sp³-hybridized carbons (Fsp3) is 0.312. The van der Waals surface area contributed by atoms with E-state index in [4.69, 9.17) is 16.3 Å². The average Bonchev–Trinajstić information content (AvgIpc) is 2.88. The molecule has 1 aromatic carbocycles. The summed E-state index contributed by atoms with van der Waals surface area (Å²) in [4.78, 5) is 4.41. The van der Waals surface area contributed by atoms with Gasteiger partial charge in [-0.2, -0.15) is 0 Å². The van der Waals surface area contributed by atoms with Gasteiger partial charge in [-0.15, -0.1) is 11.6 Å². The maximum absolute atomic E-state index is 6.53. The molecule has 1 unspecified atom stereocenters. The van der Waals surface area contributed by atoms with Crippen molar-refractivity contribution < 1.29 is 4.74 Å². The average molecular weight is 274 g/mol. The third-order valence-electron chi connectivity index (χ3n) is 3.57. The van der Waals surface area contributed by atoms with Crippen LogP contribution in [0, 0.1) is 6.92 Å². The van der Waals surface area contributed by atoms with E-state index in [9.17, 15) is 0 Å². The van der Waals surface area contributed by atoms with Gasteiger partial charge in [0.05, 0.1) is 12.0 Å². The lowest BCUT2D eigenvalue weighted by atomic mass is 10.0. The third-order valence-corrected chi connectivity index (χ3v) is 3.97. The van der Waals surface area contributed by atoms with Crippen LogP contribution in [0.3, 0.4) is 0 Å². The molecule has 0 amide bonds. The number of hydrogen-bond acceptors (Lipinski definition) is 2. The van der Waals surface area contributed by atoms with Crippen LogP contribution in [0.1, 0.15) is 27.8 Å². The maximum atomic E-state index is 6.53. The lowest BCUT2D eigenvalue weighted by Gasteiger charge is -2.12. The first-order valence-corrected chi connectivity index (χ1v) is 6.98. The molecule has 1 aromatic heterocycles. The van der Waals surface area contributed by atoms with Gasteiger partial charge in [0.15, 0.2) is 0 Å². The van der Waals surface area contributed by atoms with Crippen LogP contribution in [0.15, 0.2) is 36.5 Å². The Kier molecular flexibility index (Phi) is 3.43. The SMILES string of the molecule is Cc1cccnc1CC(Cl)c1ccc2c(c1)CCO2. The minimum Gasteiger partial charge on any atom is -0.493 e. The lowest BCUT2D eigenvalue weighted by Crippen LogP contribution is -2.00. The van der Waals surface area contributed by atoms with Crippen molar-refractivity contribution in [2.24, 2.45) is 0 Å². The van der Waals surface area contributed by atoms with E-state index in [1.165, 1.54) is 11.1 Å². The highest BCUT2D eigenvalue weighted by atomic mass is 35.5. The monoisotopic (exact) mass is 273 g/mol. The Bertz CT molecular complexity index is 597. The summed E-state index contributed by atoms with van der Waals surface area (Å²) >= 11 is 6.53. The maximum Gasteiger partial charge on any atom is 0.122 e. The Morgan fingerprint density at radius 1 is 1.37 bits per heavy atom. The fourth-order valence-electron chi connectivity index (χ4n) is 2.42. The number of nitrogens with zero attached hydrogens (tertiary/aromatic N) is 1. The number of rotatable bonds is 3. The first kappa shape index (κ1) is 12.5. The highest BCUT2D eigenvalue weighted by Crippen LogP contribution is 2.32. The highest BCUT2D eigenvalue weighted by Gasteiger charge is 2.16. The molecule has 3 heteroatoms. The summed E-state index contributed by atoms with van der Waals surface area (Å²) in [6.45, 7) is 2.85. The van der Waals surface area contributed by atoms with Crippen molar-refractivity contribution in [3.8, 4) is 5.75 Å². The van der Waals surface area contributed by atoms with E-state index in [0.717, 1.165) is 36.5 Å². The molecule has 98 valence electrons. The lowest BCUT2D eigenvalue weighted by molar-refractivity contribution is 0.357. The van der Waals surface area contributed by atoms with Crippen LogP contribution in [0.2, 0.25) is 0 Å². The topological polar surface area (TPSA) is 22.1 Å². The van der Waals surface area contributed by atoms with Gasteiger partial charge in [-0.25, -0.2) is 0 Å². The highest BCUT2D eigenvalue weighted by molar-refractivity contribution is 6.20. The molecule has 0 spiro atoms. The number of pyridine rings is 1. The molecule has 0 N–H and O–H groups in total.